The van der Waals surface area contributed by atoms with Gasteiger partial charge in [-0.1, -0.05) is 19.1 Å². The maximum Gasteiger partial charge on any atom is 0.220 e. The summed E-state index contributed by atoms with van der Waals surface area (Å²) in [6, 6.07) is 6.76. The van der Waals surface area contributed by atoms with E-state index < -0.39 is 0 Å². The van der Waals surface area contributed by atoms with Crippen LogP contribution in [0.2, 0.25) is 0 Å². The minimum atomic E-state index is -0.208. The second kappa shape index (κ2) is 9.62. The van der Waals surface area contributed by atoms with Crippen LogP contribution < -0.4 is 15.5 Å². The lowest BCUT2D eigenvalue weighted by Crippen LogP contribution is -2.34. The van der Waals surface area contributed by atoms with Gasteiger partial charge in [-0.05, 0) is 56.3 Å². The number of piperidine rings is 1. The van der Waals surface area contributed by atoms with Gasteiger partial charge in [0.1, 0.15) is 5.82 Å². The third kappa shape index (κ3) is 5.78. The molecule has 4 nitrogen and oxygen atoms in total. The highest BCUT2D eigenvalue weighted by Crippen LogP contribution is 2.24. The number of hydrogen-bond acceptors (Lipinski definition) is 3. The van der Waals surface area contributed by atoms with Crippen molar-refractivity contribution in [2.75, 3.05) is 38.1 Å². The summed E-state index contributed by atoms with van der Waals surface area (Å²) in [4.78, 5) is 14.0. The minimum absolute atomic E-state index is 0.134. The summed E-state index contributed by atoms with van der Waals surface area (Å²) in [5.74, 6) is 1.02. The Bertz CT molecular complexity index is 517. The summed E-state index contributed by atoms with van der Waals surface area (Å²) in [5.41, 5.74) is 0.600. The Morgan fingerprint density at radius 3 is 2.79 bits per heavy atom. The topological polar surface area (TPSA) is 44.4 Å². The second-order valence-corrected chi connectivity index (χ2v) is 6.85. The van der Waals surface area contributed by atoms with E-state index in [1.54, 1.807) is 12.1 Å². The van der Waals surface area contributed by atoms with Crippen molar-refractivity contribution in [1.82, 2.24) is 10.6 Å². The number of carbonyl (C=O) groups excluding carboxylic acids is 1. The van der Waals surface area contributed by atoms with E-state index in [2.05, 4.69) is 17.6 Å². The van der Waals surface area contributed by atoms with Crippen molar-refractivity contribution in [2.45, 2.75) is 32.6 Å². The van der Waals surface area contributed by atoms with Crippen molar-refractivity contribution in [3.05, 3.63) is 30.1 Å². The summed E-state index contributed by atoms with van der Waals surface area (Å²) >= 11 is 0. The quantitative estimate of drug-likeness (QED) is 0.718. The molecular weight excluding hydrogens is 305 g/mol. The lowest BCUT2D eigenvalue weighted by atomic mass is 9.84. The lowest BCUT2D eigenvalue weighted by molar-refractivity contribution is -0.122. The van der Waals surface area contributed by atoms with Gasteiger partial charge in [0.05, 0.1) is 5.69 Å². The Labute approximate surface area is 144 Å². The molecule has 1 fully saturated rings. The zero-order chi connectivity index (χ0) is 17.4. The number of nitrogens with one attached hydrogen (secondary N) is 2. The van der Waals surface area contributed by atoms with Gasteiger partial charge in [0.15, 0.2) is 0 Å². The molecule has 1 saturated heterocycles. The van der Waals surface area contributed by atoms with E-state index >= 15 is 0 Å². The standard InChI is InChI=1S/C19H30FN3O/c1-15(16-8-11-21-12-9-16)14-19(24)22-10-5-13-23(2)18-7-4-3-6-17(18)20/h3-4,6-7,15-16,21H,5,8-14H2,1-2H3,(H,22,24). The van der Waals surface area contributed by atoms with Crippen LogP contribution in [0.1, 0.15) is 32.6 Å². The fourth-order valence-corrected chi connectivity index (χ4v) is 3.37. The van der Waals surface area contributed by atoms with Gasteiger partial charge in [-0.15, -0.1) is 0 Å². The molecule has 1 heterocycles. The average molecular weight is 335 g/mol. The van der Waals surface area contributed by atoms with Gasteiger partial charge >= 0.3 is 0 Å². The molecule has 1 aromatic rings. The third-order valence-corrected chi connectivity index (χ3v) is 4.95. The first-order valence-electron chi connectivity index (χ1n) is 9.01. The molecule has 2 N–H and O–H groups in total. The number of anilines is 1. The molecule has 1 aliphatic heterocycles. The lowest BCUT2D eigenvalue weighted by Gasteiger charge is -2.28. The van der Waals surface area contributed by atoms with Gasteiger partial charge in [-0.2, -0.15) is 0 Å². The highest BCUT2D eigenvalue weighted by molar-refractivity contribution is 5.76. The molecule has 1 aliphatic rings. The molecule has 0 spiro atoms. The van der Waals surface area contributed by atoms with Crippen LogP contribution in [0.25, 0.3) is 0 Å². The monoisotopic (exact) mass is 335 g/mol. The van der Waals surface area contributed by atoms with Crippen LogP contribution in [0.3, 0.4) is 0 Å². The fraction of sp³-hybridized carbons (Fsp3) is 0.632. The molecule has 1 aromatic carbocycles. The predicted molar refractivity (Wildman–Crippen MR) is 96.7 cm³/mol. The zero-order valence-electron chi connectivity index (χ0n) is 14.9. The van der Waals surface area contributed by atoms with Crippen molar-refractivity contribution < 1.29 is 9.18 Å². The van der Waals surface area contributed by atoms with Crippen LogP contribution in [0.15, 0.2) is 24.3 Å². The number of para-hydroxylation sites is 1. The van der Waals surface area contributed by atoms with Crippen LogP contribution >= 0.6 is 0 Å². The summed E-state index contributed by atoms with van der Waals surface area (Å²) in [6.45, 7) is 5.67. The Kier molecular flexibility index (Phi) is 7.50. The largest absolute Gasteiger partial charge is 0.372 e. The predicted octanol–water partition coefficient (Wildman–Crippen LogP) is 2.79. The van der Waals surface area contributed by atoms with E-state index in [0.29, 0.717) is 37.0 Å². The third-order valence-electron chi connectivity index (χ3n) is 4.95. The Morgan fingerprint density at radius 2 is 2.08 bits per heavy atom. The maximum absolute atomic E-state index is 13.7. The van der Waals surface area contributed by atoms with E-state index in [1.165, 1.54) is 18.9 Å². The molecule has 0 saturated carbocycles. The van der Waals surface area contributed by atoms with E-state index in [1.807, 2.05) is 18.0 Å². The van der Waals surface area contributed by atoms with Crippen molar-refractivity contribution in [3.8, 4) is 0 Å². The molecular formula is C19H30FN3O. The average Bonchev–Trinajstić information content (AvgIpc) is 2.59. The maximum atomic E-state index is 13.7. The van der Waals surface area contributed by atoms with Crippen LogP contribution in [0, 0.1) is 17.7 Å². The van der Waals surface area contributed by atoms with Crippen molar-refractivity contribution in [1.29, 1.82) is 0 Å². The van der Waals surface area contributed by atoms with Crippen LogP contribution in [-0.2, 0) is 4.79 Å². The highest BCUT2D eigenvalue weighted by atomic mass is 19.1. The number of nitrogens with zero attached hydrogens (tertiary/aromatic N) is 1. The summed E-state index contributed by atoms with van der Waals surface area (Å²) in [6.07, 6.45) is 3.75. The van der Waals surface area contributed by atoms with Crippen molar-refractivity contribution in [3.63, 3.8) is 0 Å². The molecule has 0 aliphatic carbocycles. The van der Waals surface area contributed by atoms with Crippen molar-refractivity contribution in [2.24, 2.45) is 11.8 Å². The van der Waals surface area contributed by atoms with Gasteiger partial charge in [-0.25, -0.2) is 4.39 Å². The SMILES string of the molecule is CC(CC(=O)NCCCN(C)c1ccccc1F)C1CCNCC1. The first-order valence-corrected chi connectivity index (χ1v) is 9.01. The molecule has 24 heavy (non-hydrogen) atoms. The number of amides is 1. The first-order chi connectivity index (χ1) is 11.6. The molecule has 0 bridgehead atoms. The van der Waals surface area contributed by atoms with Gasteiger partial charge in [0, 0.05) is 26.6 Å². The van der Waals surface area contributed by atoms with Gasteiger partial charge in [-0.3, -0.25) is 4.79 Å². The Balaban J connectivity index is 1.63. The molecule has 2 rings (SSSR count). The summed E-state index contributed by atoms with van der Waals surface area (Å²) in [7, 11) is 1.87. The number of rotatable bonds is 8. The smallest absolute Gasteiger partial charge is 0.220 e. The van der Waals surface area contributed by atoms with E-state index in [9.17, 15) is 9.18 Å². The Hall–Kier alpha value is -1.62. The number of hydrogen-bond donors (Lipinski definition) is 2. The summed E-state index contributed by atoms with van der Waals surface area (Å²) in [5, 5.41) is 6.36. The normalized spacial score (nSPS) is 16.6. The second-order valence-electron chi connectivity index (χ2n) is 6.85. The molecule has 1 amide bonds. The molecule has 134 valence electrons. The molecule has 1 unspecified atom stereocenters. The molecule has 0 radical (unpaired) electrons. The van der Waals surface area contributed by atoms with Crippen LogP contribution in [-0.4, -0.2) is 39.1 Å². The molecule has 0 aromatic heterocycles. The fourth-order valence-electron chi connectivity index (χ4n) is 3.37. The van der Waals surface area contributed by atoms with Gasteiger partial charge in [0.25, 0.3) is 0 Å². The van der Waals surface area contributed by atoms with Crippen LogP contribution in [0.5, 0.6) is 0 Å². The minimum Gasteiger partial charge on any atom is -0.372 e. The molecule has 1 atom stereocenters. The van der Waals surface area contributed by atoms with Crippen molar-refractivity contribution >= 4 is 11.6 Å². The number of benzene rings is 1. The number of carbonyl (C=O) groups is 1. The molecule has 5 heteroatoms. The van der Waals surface area contributed by atoms with E-state index in [0.717, 1.165) is 19.5 Å². The van der Waals surface area contributed by atoms with Gasteiger partial charge < -0.3 is 15.5 Å². The van der Waals surface area contributed by atoms with Crippen LogP contribution in [0.4, 0.5) is 10.1 Å². The highest BCUT2D eigenvalue weighted by Gasteiger charge is 2.21. The van der Waals surface area contributed by atoms with E-state index in [-0.39, 0.29) is 11.7 Å². The zero-order valence-corrected chi connectivity index (χ0v) is 14.9. The first kappa shape index (κ1) is 18.7. The summed E-state index contributed by atoms with van der Waals surface area (Å²) < 4.78 is 13.7. The number of halogens is 1. The van der Waals surface area contributed by atoms with E-state index in [4.69, 9.17) is 0 Å². The Morgan fingerprint density at radius 1 is 1.38 bits per heavy atom. The van der Waals surface area contributed by atoms with Gasteiger partial charge in [0.2, 0.25) is 5.91 Å².